The summed E-state index contributed by atoms with van der Waals surface area (Å²) in [5.74, 6) is 0. The zero-order valence-corrected chi connectivity index (χ0v) is 18.6. The first kappa shape index (κ1) is 12.1. The summed E-state index contributed by atoms with van der Waals surface area (Å²) in [5, 5.41) is 0. The standard InChI is InChI=1S/6HI.W/h6*1H;/q;;;;;;+6/p-6. The molecule has 0 aliphatic rings. The van der Waals surface area contributed by atoms with E-state index in [2.05, 4.69) is 116 Å². The van der Waals surface area contributed by atoms with Gasteiger partial charge in [-0.25, -0.2) is 0 Å². The van der Waals surface area contributed by atoms with Crippen LogP contribution in [0.3, 0.4) is 0 Å². The summed E-state index contributed by atoms with van der Waals surface area (Å²) in [5.41, 5.74) is 0. The summed E-state index contributed by atoms with van der Waals surface area (Å²) < 4.78 is -2.49. The van der Waals surface area contributed by atoms with Crippen molar-refractivity contribution in [1.82, 2.24) is 0 Å². The van der Waals surface area contributed by atoms with Gasteiger partial charge in [-0.2, -0.15) is 0 Å². The average Bonchev–Trinajstić information content (AvgIpc) is 0.592. The summed E-state index contributed by atoms with van der Waals surface area (Å²) in [6.07, 6.45) is 0. The van der Waals surface area contributed by atoms with Crippen LogP contribution in [0, 0.1) is 0 Å². The molecule has 0 amide bonds. The molecule has 48 valence electrons. The van der Waals surface area contributed by atoms with E-state index in [1.54, 1.807) is 0 Å². The zero-order valence-electron chi connectivity index (χ0n) is 2.68. The van der Waals surface area contributed by atoms with E-state index in [-0.39, 0.29) is 0 Å². The van der Waals surface area contributed by atoms with Crippen LogP contribution in [0.1, 0.15) is 0 Å². The summed E-state index contributed by atoms with van der Waals surface area (Å²) in [7, 11) is 0. The molecule has 0 saturated carbocycles. The van der Waals surface area contributed by atoms with Crippen molar-refractivity contribution in [3.8, 4) is 0 Å². The minimum atomic E-state index is -2.49. The monoisotopic (exact) mass is 945 g/mol. The fourth-order valence-corrected chi connectivity index (χ4v) is 0. The third kappa shape index (κ3) is 35.4. The third-order valence-electron chi connectivity index (χ3n) is 0. The van der Waals surface area contributed by atoms with Gasteiger partial charge in [0.25, 0.3) is 0 Å². The molecular weight excluding hydrogens is 945 g/mol. The molecule has 0 radical (unpaired) electrons. The topological polar surface area (TPSA) is 0 Å². The van der Waals surface area contributed by atoms with E-state index in [1.165, 1.54) is 0 Å². The predicted octanol–water partition coefficient (Wildman–Crippen LogP) is 5.31. The van der Waals surface area contributed by atoms with E-state index in [9.17, 15) is 0 Å². The van der Waals surface area contributed by atoms with E-state index < -0.39 is -8.53 Å². The van der Waals surface area contributed by atoms with E-state index in [4.69, 9.17) is 0 Å². The van der Waals surface area contributed by atoms with Gasteiger partial charge in [-0.05, 0) is 0 Å². The van der Waals surface area contributed by atoms with Crippen molar-refractivity contribution in [2.45, 2.75) is 0 Å². The second-order valence-electron chi connectivity index (χ2n) is 0.875. The average molecular weight is 945 g/mol. The molecule has 0 aromatic rings. The van der Waals surface area contributed by atoms with Gasteiger partial charge in [0.05, 0.1) is 0 Å². The van der Waals surface area contributed by atoms with Gasteiger partial charge in [-0.15, -0.1) is 0 Å². The quantitative estimate of drug-likeness (QED) is 0.290. The molecule has 0 aliphatic carbocycles. The van der Waals surface area contributed by atoms with Gasteiger partial charge in [0.2, 0.25) is 0 Å². The normalized spacial score (nSPS) is 23.1. The maximum absolute atomic E-state index is 2.58. The van der Waals surface area contributed by atoms with E-state index >= 15 is 0 Å². The molecule has 0 spiro atoms. The molecule has 7 heavy (non-hydrogen) atoms. The van der Waals surface area contributed by atoms with Crippen LogP contribution in [-0.2, 0) is -8.53 Å². The SMILES string of the molecule is [I][W]([I])([I])([I])([I])[I]. The Labute approximate surface area is 103 Å². The third-order valence-corrected chi connectivity index (χ3v) is 0. The summed E-state index contributed by atoms with van der Waals surface area (Å²) in [6.45, 7) is 0. The Morgan fingerprint density at radius 1 is 0.571 bits per heavy atom. The molecule has 0 heterocycles. The molecule has 0 saturated heterocycles. The van der Waals surface area contributed by atoms with Crippen LogP contribution in [0.4, 0.5) is 0 Å². The van der Waals surface area contributed by atoms with Crippen molar-refractivity contribution in [2.24, 2.45) is 0 Å². The second-order valence-corrected chi connectivity index (χ2v) is 322. The first-order valence-electron chi connectivity index (χ1n) is 0.926. The van der Waals surface area contributed by atoms with E-state index in [1.807, 2.05) is 0 Å². The van der Waals surface area contributed by atoms with E-state index in [0.717, 1.165) is 0 Å². The Morgan fingerprint density at radius 2 is 0.571 bits per heavy atom. The molecule has 7 heteroatoms. The Kier molecular flexibility index (Phi) is 4.80. The maximum atomic E-state index is 2.58. The minimum absolute atomic E-state index is 2.49. The Hall–Kier alpha value is 5.07. The number of rotatable bonds is 0. The Bertz CT molecular complexity index is 62.7. The first-order valence-corrected chi connectivity index (χ1v) is 50.8. The Morgan fingerprint density at radius 3 is 0.571 bits per heavy atom. The van der Waals surface area contributed by atoms with Crippen molar-refractivity contribution in [2.75, 3.05) is 0 Å². The summed E-state index contributed by atoms with van der Waals surface area (Å²) in [4.78, 5) is 0. The van der Waals surface area contributed by atoms with Crippen molar-refractivity contribution in [1.29, 1.82) is 0 Å². The molecule has 0 aromatic heterocycles. The van der Waals surface area contributed by atoms with Gasteiger partial charge >= 0.3 is 108 Å². The molecule has 0 unspecified atom stereocenters. The fraction of sp³-hybridized carbons (Fsp3) is 0. The zero-order chi connectivity index (χ0) is 6.41. The van der Waals surface area contributed by atoms with Crippen LogP contribution in [0.25, 0.3) is 0 Å². The first-order chi connectivity index (χ1) is 2.45. The predicted molar refractivity (Wildman–Crippen MR) is 84.1 cm³/mol. The van der Waals surface area contributed by atoms with Gasteiger partial charge in [0.1, 0.15) is 0 Å². The summed E-state index contributed by atoms with van der Waals surface area (Å²) in [6, 6.07) is 0. The van der Waals surface area contributed by atoms with Crippen LogP contribution in [0.2, 0.25) is 0 Å². The second kappa shape index (κ2) is 2.79. The van der Waals surface area contributed by atoms with Crippen LogP contribution in [0.5, 0.6) is 0 Å². The van der Waals surface area contributed by atoms with Crippen LogP contribution < -0.4 is 0 Å². The van der Waals surface area contributed by atoms with Crippen molar-refractivity contribution >= 4 is 116 Å². The molecule has 0 N–H and O–H groups in total. The number of hydrogen-bond donors (Lipinski definition) is 0. The number of halogens is 6. The molecule has 0 nitrogen and oxygen atoms in total. The molecule has 0 bridgehead atoms. The fourth-order valence-electron chi connectivity index (χ4n) is 0. The molecule has 0 aliphatic heterocycles. The van der Waals surface area contributed by atoms with Crippen LogP contribution >= 0.6 is 116 Å². The van der Waals surface area contributed by atoms with Gasteiger partial charge in [0, 0.05) is 0 Å². The molecule has 0 aromatic carbocycles. The van der Waals surface area contributed by atoms with Gasteiger partial charge in [-0.1, -0.05) is 0 Å². The van der Waals surface area contributed by atoms with Crippen LogP contribution in [0.15, 0.2) is 0 Å². The molecule has 0 fully saturated rings. The van der Waals surface area contributed by atoms with Gasteiger partial charge in [-0.3, -0.25) is 0 Å². The van der Waals surface area contributed by atoms with Crippen LogP contribution in [-0.4, -0.2) is 0 Å². The van der Waals surface area contributed by atoms with Crippen molar-refractivity contribution in [3.05, 3.63) is 0 Å². The van der Waals surface area contributed by atoms with Crippen molar-refractivity contribution < 1.29 is -8.53 Å². The summed E-state index contributed by atoms with van der Waals surface area (Å²) >= 11 is 15.5. The van der Waals surface area contributed by atoms with E-state index in [0.29, 0.717) is 0 Å². The Balaban J connectivity index is 4.43. The molecular formula is I6W. The molecule has 0 rings (SSSR count). The van der Waals surface area contributed by atoms with Gasteiger partial charge in [0.15, 0.2) is 0 Å². The number of hydrogen-bond acceptors (Lipinski definition) is 0. The molecule has 0 atom stereocenters. The van der Waals surface area contributed by atoms with Crippen molar-refractivity contribution in [3.63, 3.8) is 0 Å². The van der Waals surface area contributed by atoms with Gasteiger partial charge < -0.3 is 0 Å².